The molecule has 2 heterocycles. The molecule has 0 spiro atoms. The van der Waals surface area contributed by atoms with Gasteiger partial charge in [0.1, 0.15) is 11.3 Å². The van der Waals surface area contributed by atoms with Crippen LogP contribution in [0.3, 0.4) is 0 Å². The van der Waals surface area contributed by atoms with Crippen LogP contribution >= 0.6 is 0 Å². The molecule has 3 aromatic rings. The number of benzene rings is 1. The SMILES string of the molecule is Cc1cccc2nc(C(=O)NC(C)c3cccc(C(F)(F)F)c3)cn12. The Bertz CT molecular complexity index is 931. The van der Waals surface area contributed by atoms with Gasteiger partial charge in [0, 0.05) is 11.9 Å². The largest absolute Gasteiger partial charge is 0.416 e. The van der Waals surface area contributed by atoms with E-state index in [2.05, 4.69) is 10.3 Å². The van der Waals surface area contributed by atoms with Crippen molar-refractivity contribution >= 4 is 11.6 Å². The number of pyridine rings is 1. The van der Waals surface area contributed by atoms with Crippen molar-refractivity contribution < 1.29 is 18.0 Å². The lowest BCUT2D eigenvalue weighted by atomic mass is 10.0. The van der Waals surface area contributed by atoms with Crippen LogP contribution in [0.2, 0.25) is 0 Å². The van der Waals surface area contributed by atoms with Gasteiger partial charge in [-0.05, 0) is 43.7 Å². The van der Waals surface area contributed by atoms with Crippen LogP contribution in [0.25, 0.3) is 5.65 Å². The van der Waals surface area contributed by atoms with Crippen LogP contribution in [0.15, 0.2) is 48.7 Å². The molecule has 0 bridgehead atoms. The molecule has 1 N–H and O–H groups in total. The van der Waals surface area contributed by atoms with E-state index in [9.17, 15) is 18.0 Å². The number of fused-ring (bicyclic) bond motifs is 1. The maximum atomic E-state index is 12.8. The molecule has 0 saturated heterocycles. The van der Waals surface area contributed by atoms with Gasteiger partial charge in [0.05, 0.1) is 11.6 Å². The van der Waals surface area contributed by atoms with Gasteiger partial charge < -0.3 is 9.72 Å². The minimum absolute atomic E-state index is 0.216. The number of aromatic nitrogens is 2. The predicted molar refractivity (Wildman–Crippen MR) is 87.3 cm³/mol. The van der Waals surface area contributed by atoms with Gasteiger partial charge in [0.2, 0.25) is 0 Å². The number of nitrogens with zero attached hydrogens (tertiary/aromatic N) is 2. The molecule has 7 heteroatoms. The summed E-state index contributed by atoms with van der Waals surface area (Å²) in [6, 6.07) is 9.84. The van der Waals surface area contributed by atoms with E-state index >= 15 is 0 Å². The second-order valence-corrected chi connectivity index (χ2v) is 5.84. The third kappa shape index (κ3) is 3.50. The number of halogens is 3. The van der Waals surface area contributed by atoms with E-state index in [0.717, 1.165) is 17.8 Å². The van der Waals surface area contributed by atoms with Crippen LogP contribution in [0.1, 0.15) is 40.3 Å². The van der Waals surface area contributed by atoms with Crippen molar-refractivity contribution in [3.8, 4) is 0 Å². The molecule has 0 fully saturated rings. The molecule has 25 heavy (non-hydrogen) atoms. The van der Waals surface area contributed by atoms with Crippen molar-refractivity contribution in [3.63, 3.8) is 0 Å². The fourth-order valence-corrected chi connectivity index (χ4v) is 2.60. The zero-order chi connectivity index (χ0) is 18.2. The molecule has 1 atom stereocenters. The number of carbonyl (C=O) groups excluding carboxylic acids is 1. The highest BCUT2D eigenvalue weighted by Crippen LogP contribution is 2.30. The van der Waals surface area contributed by atoms with Gasteiger partial charge >= 0.3 is 6.18 Å². The van der Waals surface area contributed by atoms with E-state index in [1.807, 2.05) is 19.1 Å². The van der Waals surface area contributed by atoms with Crippen molar-refractivity contribution in [1.82, 2.24) is 14.7 Å². The Balaban J connectivity index is 1.81. The molecule has 0 aliphatic heterocycles. The number of nitrogens with one attached hydrogen (secondary N) is 1. The van der Waals surface area contributed by atoms with Crippen molar-refractivity contribution in [2.24, 2.45) is 0 Å². The maximum absolute atomic E-state index is 12.8. The smallest absolute Gasteiger partial charge is 0.344 e. The Morgan fingerprint density at radius 1 is 1.20 bits per heavy atom. The lowest BCUT2D eigenvalue weighted by Gasteiger charge is -2.15. The highest BCUT2D eigenvalue weighted by atomic mass is 19.4. The van der Waals surface area contributed by atoms with E-state index in [-0.39, 0.29) is 5.69 Å². The number of hydrogen-bond donors (Lipinski definition) is 1. The summed E-state index contributed by atoms with van der Waals surface area (Å²) in [5.41, 5.74) is 1.41. The monoisotopic (exact) mass is 347 g/mol. The lowest BCUT2D eigenvalue weighted by molar-refractivity contribution is -0.137. The molecule has 130 valence electrons. The zero-order valence-electron chi connectivity index (χ0n) is 13.6. The molecule has 1 amide bonds. The van der Waals surface area contributed by atoms with Crippen molar-refractivity contribution in [2.45, 2.75) is 26.1 Å². The van der Waals surface area contributed by atoms with E-state index in [0.29, 0.717) is 11.2 Å². The van der Waals surface area contributed by atoms with Gasteiger partial charge in [-0.2, -0.15) is 13.2 Å². The van der Waals surface area contributed by atoms with Gasteiger partial charge in [-0.15, -0.1) is 0 Å². The molecule has 1 aromatic carbocycles. The minimum atomic E-state index is -4.42. The third-order valence-electron chi connectivity index (χ3n) is 3.99. The number of imidazole rings is 1. The molecule has 0 radical (unpaired) electrons. The van der Waals surface area contributed by atoms with Gasteiger partial charge in [-0.25, -0.2) is 4.98 Å². The molecular weight excluding hydrogens is 331 g/mol. The fraction of sp³-hybridized carbons (Fsp3) is 0.222. The fourth-order valence-electron chi connectivity index (χ4n) is 2.60. The first-order chi connectivity index (χ1) is 11.8. The highest BCUT2D eigenvalue weighted by molar-refractivity contribution is 5.93. The minimum Gasteiger partial charge on any atom is -0.344 e. The summed E-state index contributed by atoms with van der Waals surface area (Å²) in [4.78, 5) is 16.6. The first-order valence-corrected chi connectivity index (χ1v) is 7.68. The Morgan fingerprint density at radius 2 is 1.92 bits per heavy atom. The van der Waals surface area contributed by atoms with Crippen molar-refractivity contribution in [2.75, 3.05) is 0 Å². The number of amides is 1. The molecule has 0 aliphatic rings. The van der Waals surface area contributed by atoms with Gasteiger partial charge in [-0.3, -0.25) is 4.79 Å². The highest BCUT2D eigenvalue weighted by Gasteiger charge is 2.30. The van der Waals surface area contributed by atoms with E-state index in [1.165, 1.54) is 6.07 Å². The summed E-state index contributed by atoms with van der Waals surface area (Å²) in [5.74, 6) is -0.437. The molecule has 1 unspecified atom stereocenters. The Morgan fingerprint density at radius 3 is 2.60 bits per heavy atom. The Hall–Kier alpha value is -2.83. The number of alkyl halides is 3. The quantitative estimate of drug-likeness (QED) is 0.774. The number of carbonyl (C=O) groups is 1. The molecular formula is C18H16F3N3O. The first kappa shape index (κ1) is 17.0. The van der Waals surface area contributed by atoms with Gasteiger partial charge in [0.15, 0.2) is 0 Å². The third-order valence-corrected chi connectivity index (χ3v) is 3.99. The van der Waals surface area contributed by atoms with Gasteiger partial charge in [0.25, 0.3) is 5.91 Å². The summed E-state index contributed by atoms with van der Waals surface area (Å²) in [7, 11) is 0. The first-order valence-electron chi connectivity index (χ1n) is 7.68. The summed E-state index contributed by atoms with van der Waals surface area (Å²) in [6.07, 6.45) is -2.81. The normalized spacial score (nSPS) is 13.0. The van der Waals surface area contributed by atoms with Crippen molar-refractivity contribution in [1.29, 1.82) is 0 Å². The molecule has 0 aliphatic carbocycles. The Kier molecular flexibility index (Phi) is 4.24. The van der Waals surface area contributed by atoms with Crippen LogP contribution in [0.4, 0.5) is 13.2 Å². The number of rotatable bonds is 3. The van der Waals surface area contributed by atoms with Crippen LogP contribution in [-0.4, -0.2) is 15.3 Å². The van der Waals surface area contributed by atoms with Crippen LogP contribution < -0.4 is 5.32 Å². The van der Waals surface area contributed by atoms with Crippen molar-refractivity contribution in [3.05, 3.63) is 71.2 Å². The summed E-state index contributed by atoms with van der Waals surface area (Å²) >= 11 is 0. The number of aryl methyl sites for hydroxylation is 1. The van der Waals surface area contributed by atoms with Crippen LogP contribution in [0, 0.1) is 6.92 Å². The van der Waals surface area contributed by atoms with E-state index in [4.69, 9.17) is 0 Å². The van der Waals surface area contributed by atoms with Gasteiger partial charge in [-0.1, -0.05) is 18.2 Å². The summed E-state index contributed by atoms with van der Waals surface area (Å²) in [5, 5.41) is 2.69. The summed E-state index contributed by atoms with van der Waals surface area (Å²) in [6.45, 7) is 3.52. The second-order valence-electron chi connectivity index (χ2n) is 5.84. The van der Waals surface area contributed by atoms with Crippen LogP contribution in [-0.2, 0) is 6.18 Å². The van der Waals surface area contributed by atoms with E-state index < -0.39 is 23.7 Å². The summed E-state index contributed by atoms with van der Waals surface area (Å²) < 4.78 is 40.2. The number of hydrogen-bond acceptors (Lipinski definition) is 2. The molecule has 2 aromatic heterocycles. The average molecular weight is 347 g/mol. The standard InChI is InChI=1S/C18H16F3N3O/c1-11-5-3-8-16-23-15(10-24(11)16)17(25)22-12(2)13-6-4-7-14(9-13)18(19,20)21/h3-10,12H,1-2H3,(H,22,25). The average Bonchev–Trinajstić information content (AvgIpc) is 3.00. The second kappa shape index (κ2) is 6.23. The van der Waals surface area contributed by atoms with E-state index in [1.54, 1.807) is 29.7 Å². The molecule has 4 nitrogen and oxygen atoms in total. The molecule has 3 rings (SSSR count). The van der Waals surface area contributed by atoms with Crippen LogP contribution in [0.5, 0.6) is 0 Å². The maximum Gasteiger partial charge on any atom is 0.416 e. The predicted octanol–water partition coefficient (Wildman–Crippen LogP) is 4.15. The topological polar surface area (TPSA) is 46.4 Å². The Labute approximate surface area is 142 Å². The lowest BCUT2D eigenvalue weighted by Crippen LogP contribution is -2.27. The zero-order valence-corrected chi connectivity index (χ0v) is 13.6. The molecule has 0 saturated carbocycles.